The Kier molecular flexibility index (Phi) is 4.07. The van der Waals surface area contributed by atoms with Gasteiger partial charge in [-0.25, -0.2) is 8.78 Å². The van der Waals surface area contributed by atoms with Crippen LogP contribution in [-0.4, -0.2) is 12.0 Å². The highest BCUT2D eigenvalue weighted by Crippen LogP contribution is 2.27. The smallest absolute Gasteiger partial charge is 0.203 e. The quantitative estimate of drug-likeness (QED) is 0.692. The molecule has 0 atom stereocenters. The lowest BCUT2D eigenvalue weighted by Crippen LogP contribution is -2.05. The summed E-state index contributed by atoms with van der Waals surface area (Å²) in [4.78, 5) is 3.91. The van der Waals surface area contributed by atoms with Gasteiger partial charge in [-0.15, -0.1) is 0 Å². The van der Waals surface area contributed by atoms with Crippen molar-refractivity contribution in [3.05, 3.63) is 53.4 Å². The molecule has 0 unspecified atom stereocenters. The molecule has 2 rings (SSSR count). The fourth-order valence-corrected chi connectivity index (χ4v) is 1.54. The van der Waals surface area contributed by atoms with Crippen LogP contribution >= 0.6 is 0 Å². The van der Waals surface area contributed by atoms with E-state index in [-0.39, 0.29) is 12.7 Å². The monoisotopic (exact) mass is 286 g/mol. The first-order chi connectivity index (χ1) is 9.52. The van der Waals surface area contributed by atoms with Crippen LogP contribution in [0.25, 0.3) is 0 Å². The van der Waals surface area contributed by atoms with E-state index in [1.54, 1.807) is 19.2 Å². The predicted molar refractivity (Wildman–Crippen MR) is 64.4 cm³/mol. The van der Waals surface area contributed by atoms with Gasteiger partial charge < -0.3 is 10.1 Å². The van der Waals surface area contributed by atoms with Crippen LogP contribution in [0, 0.1) is 23.3 Å². The molecule has 0 bridgehead atoms. The molecule has 1 aromatic carbocycles. The molecule has 0 saturated heterocycles. The summed E-state index contributed by atoms with van der Waals surface area (Å²) in [6.07, 6.45) is 1.46. The van der Waals surface area contributed by atoms with E-state index < -0.39 is 29.0 Å². The molecule has 0 aliphatic heterocycles. The number of hydrogen-bond acceptors (Lipinski definition) is 3. The Hall–Kier alpha value is -2.31. The van der Waals surface area contributed by atoms with Crippen molar-refractivity contribution in [3.8, 4) is 5.75 Å². The molecule has 0 amide bonds. The third-order valence-electron chi connectivity index (χ3n) is 2.54. The maximum Gasteiger partial charge on any atom is 0.203 e. The highest BCUT2D eigenvalue weighted by Gasteiger charge is 2.20. The number of aromatic nitrogens is 1. The van der Waals surface area contributed by atoms with Gasteiger partial charge in [-0.1, -0.05) is 0 Å². The van der Waals surface area contributed by atoms with Crippen LogP contribution in [0.15, 0.2) is 24.4 Å². The van der Waals surface area contributed by atoms with Gasteiger partial charge in [-0.3, -0.25) is 4.98 Å². The minimum absolute atomic E-state index is 0.122. The Morgan fingerprint density at radius 1 is 1.10 bits per heavy atom. The Morgan fingerprint density at radius 2 is 1.75 bits per heavy atom. The van der Waals surface area contributed by atoms with E-state index >= 15 is 0 Å². The average molecular weight is 286 g/mol. The van der Waals surface area contributed by atoms with Crippen LogP contribution < -0.4 is 10.1 Å². The molecule has 2 aromatic rings. The van der Waals surface area contributed by atoms with Crippen LogP contribution in [-0.2, 0) is 6.61 Å². The largest absolute Gasteiger partial charge is 0.481 e. The summed E-state index contributed by atoms with van der Waals surface area (Å²) >= 11 is 0. The first kappa shape index (κ1) is 14.1. The summed E-state index contributed by atoms with van der Waals surface area (Å²) in [6.45, 7) is -0.327. The molecule has 0 fully saturated rings. The molecule has 0 saturated carbocycles. The van der Waals surface area contributed by atoms with Crippen molar-refractivity contribution >= 4 is 5.69 Å². The summed E-state index contributed by atoms with van der Waals surface area (Å²) in [5.74, 6) is -7.28. The zero-order valence-corrected chi connectivity index (χ0v) is 10.4. The van der Waals surface area contributed by atoms with Crippen LogP contribution in [0.3, 0.4) is 0 Å². The number of ether oxygens (including phenoxy) is 1. The average Bonchev–Trinajstić information content (AvgIpc) is 2.45. The van der Waals surface area contributed by atoms with Gasteiger partial charge in [0.05, 0.1) is 5.69 Å². The first-order valence-electron chi connectivity index (χ1n) is 5.61. The maximum atomic E-state index is 13.4. The van der Waals surface area contributed by atoms with Gasteiger partial charge in [-0.2, -0.15) is 8.78 Å². The van der Waals surface area contributed by atoms with Gasteiger partial charge in [0.1, 0.15) is 6.61 Å². The van der Waals surface area contributed by atoms with Crippen LogP contribution in [0.2, 0.25) is 0 Å². The summed E-state index contributed by atoms with van der Waals surface area (Å²) in [5.41, 5.74) is 1.06. The fraction of sp³-hybridized carbons (Fsp3) is 0.154. The van der Waals surface area contributed by atoms with Crippen molar-refractivity contribution in [2.75, 3.05) is 12.4 Å². The van der Waals surface area contributed by atoms with Gasteiger partial charge in [-0.05, 0) is 12.1 Å². The fourth-order valence-electron chi connectivity index (χ4n) is 1.54. The van der Waals surface area contributed by atoms with Crippen molar-refractivity contribution < 1.29 is 22.3 Å². The number of rotatable bonds is 4. The minimum atomic E-state index is -1.58. The molecule has 3 nitrogen and oxygen atoms in total. The van der Waals surface area contributed by atoms with Crippen molar-refractivity contribution in [2.24, 2.45) is 0 Å². The number of nitrogens with one attached hydrogen (secondary N) is 1. The molecular formula is C13H10F4N2O. The normalized spacial score (nSPS) is 10.4. The third-order valence-corrected chi connectivity index (χ3v) is 2.54. The molecule has 0 aliphatic carbocycles. The lowest BCUT2D eigenvalue weighted by molar-refractivity contribution is 0.258. The van der Waals surface area contributed by atoms with E-state index in [0.29, 0.717) is 11.4 Å². The maximum absolute atomic E-state index is 13.4. The van der Waals surface area contributed by atoms with Gasteiger partial charge >= 0.3 is 0 Å². The Morgan fingerprint density at radius 3 is 2.35 bits per heavy atom. The lowest BCUT2D eigenvalue weighted by atomic mass is 10.3. The van der Waals surface area contributed by atoms with Crippen molar-refractivity contribution in [1.29, 1.82) is 0 Å². The van der Waals surface area contributed by atoms with Crippen molar-refractivity contribution in [1.82, 2.24) is 4.98 Å². The summed E-state index contributed by atoms with van der Waals surface area (Å²) in [6, 6.07) is 3.37. The van der Waals surface area contributed by atoms with E-state index in [9.17, 15) is 17.6 Å². The number of anilines is 1. The van der Waals surface area contributed by atoms with E-state index in [1.807, 2.05) is 0 Å². The van der Waals surface area contributed by atoms with E-state index in [0.717, 1.165) is 0 Å². The molecule has 0 aliphatic rings. The zero-order valence-electron chi connectivity index (χ0n) is 10.4. The number of pyridine rings is 1. The number of benzene rings is 1. The molecule has 1 heterocycles. The van der Waals surface area contributed by atoms with Gasteiger partial charge in [0, 0.05) is 25.0 Å². The number of nitrogens with zero attached hydrogens (tertiary/aromatic N) is 1. The van der Waals surface area contributed by atoms with Gasteiger partial charge in [0.25, 0.3) is 0 Å². The van der Waals surface area contributed by atoms with Crippen molar-refractivity contribution in [2.45, 2.75) is 6.61 Å². The van der Waals surface area contributed by atoms with E-state index in [4.69, 9.17) is 4.74 Å². The predicted octanol–water partition coefficient (Wildman–Crippen LogP) is 3.26. The van der Waals surface area contributed by atoms with Crippen LogP contribution in [0.5, 0.6) is 5.75 Å². The summed E-state index contributed by atoms with van der Waals surface area (Å²) in [5, 5.41) is 2.84. The summed E-state index contributed by atoms with van der Waals surface area (Å²) < 4.78 is 57.5. The highest BCUT2D eigenvalue weighted by atomic mass is 19.2. The summed E-state index contributed by atoms with van der Waals surface area (Å²) in [7, 11) is 1.68. The highest BCUT2D eigenvalue weighted by molar-refractivity contribution is 5.42. The van der Waals surface area contributed by atoms with Crippen molar-refractivity contribution in [3.63, 3.8) is 0 Å². The second kappa shape index (κ2) is 5.77. The number of hydrogen-bond donors (Lipinski definition) is 1. The molecule has 7 heteroatoms. The third kappa shape index (κ3) is 2.81. The Labute approximate surface area is 112 Å². The lowest BCUT2D eigenvalue weighted by Gasteiger charge is -2.09. The molecule has 1 aromatic heterocycles. The Balaban J connectivity index is 2.22. The molecular weight excluding hydrogens is 276 g/mol. The molecule has 0 spiro atoms. The SMILES string of the molecule is CNc1ccnc(COc2c(F)c(F)cc(F)c2F)c1. The second-order valence-corrected chi connectivity index (χ2v) is 3.87. The zero-order chi connectivity index (χ0) is 14.7. The first-order valence-corrected chi connectivity index (χ1v) is 5.61. The molecule has 106 valence electrons. The van der Waals surface area contributed by atoms with Gasteiger partial charge in [0.2, 0.25) is 11.6 Å². The van der Waals surface area contributed by atoms with Gasteiger partial charge in [0.15, 0.2) is 17.4 Å². The van der Waals surface area contributed by atoms with Crippen LogP contribution in [0.1, 0.15) is 5.69 Å². The minimum Gasteiger partial charge on any atom is -0.481 e. The van der Waals surface area contributed by atoms with E-state index in [2.05, 4.69) is 10.3 Å². The number of halogens is 4. The van der Waals surface area contributed by atoms with Crippen LogP contribution in [0.4, 0.5) is 23.2 Å². The molecule has 20 heavy (non-hydrogen) atoms. The molecule has 0 radical (unpaired) electrons. The second-order valence-electron chi connectivity index (χ2n) is 3.87. The topological polar surface area (TPSA) is 34.2 Å². The Bertz CT molecular complexity index is 608. The standard InChI is InChI=1S/C13H10F4N2O/c1-18-7-2-3-19-8(4-7)6-20-13-11(16)9(14)5-10(15)12(13)17/h2-5H,6H2,1H3,(H,18,19). The van der Waals surface area contributed by atoms with E-state index in [1.165, 1.54) is 6.20 Å². The molecule has 1 N–H and O–H groups in total.